The van der Waals surface area contributed by atoms with Crippen LogP contribution in [0.1, 0.15) is 30.2 Å². The second-order valence-corrected chi connectivity index (χ2v) is 9.77. The van der Waals surface area contributed by atoms with Crippen LogP contribution >= 0.6 is 11.6 Å². The van der Waals surface area contributed by atoms with Crippen molar-refractivity contribution in [2.45, 2.75) is 31.7 Å². The zero-order valence-electron chi connectivity index (χ0n) is 19.9. The number of rotatable bonds is 6. The quantitative estimate of drug-likeness (QED) is 0.523. The molecule has 2 aliphatic rings. The normalized spacial score (nSPS) is 19.3. The van der Waals surface area contributed by atoms with E-state index < -0.39 is 11.4 Å². The van der Waals surface area contributed by atoms with E-state index in [9.17, 15) is 9.90 Å². The molecule has 9 nitrogen and oxygen atoms in total. The highest BCUT2D eigenvalue weighted by atomic mass is 35.5. The zero-order valence-corrected chi connectivity index (χ0v) is 20.6. The number of methoxy groups -OCH3 is 1. The van der Waals surface area contributed by atoms with Gasteiger partial charge in [-0.05, 0) is 30.3 Å². The molecule has 0 bridgehead atoms. The maximum absolute atomic E-state index is 11.6. The molecule has 0 saturated carbocycles. The van der Waals surface area contributed by atoms with Crippen LogP contribution in [0.4, 0.5) is 23.1 Å². The van der Waals surface area contributed by atoms with Gasteiger partial charge in [-0.2, -0.15) is 4.98 Å². The molecule has 10 heteroatoms. The van der Waals surface area contributed by atoms with E-state index in [-0.39, 0.29) is 6.42 Å². The minimum absolute atomic E-state index is 0.000757. The molecule has 0 amide bonds. The van der Waals surface area contributed by atoms with E-state index in [0.717, 1.165) is 42.0 Å². The van der Waals surface area contributed by atoms with Crippen LogP contribution in [0.3, 0.4) is 0 Å². The number of carbonyl (C=O) groups is 1. The number of ether oxygens (including phenoxy) is 1. The van der Waals surface area contributed by atoms with Gasteiger partial charge < -0.3 is 25.0 Å². The van der Waals surface area contributed by atoms with E-state index in [1.165, 1.54) is 0 Å². The van der Waals surface area contributed by atoms with Crippen molar-refractivity contribution in [2.24, 2.45) is 0 Å². The minimum Gasteiger partial charge on any atom is -0.481 e. The van der Waals surface area contributed by atoms with E-state index in [1.807, 2.05) is 42.2 Å². The lowest BCUT2D eigenvalue weighted by molar-refractivity contribution is -0.138. The number of nitrogens with one attached hydrogen (secondary N) is 1. The molecule has 4 heterocycles. The second kappa shape index (κ2) is 8.98. The van der Waals surface area contributed by atoms with Gasteiger partial charge in [0.1, 0.15) is 10.7 Å². The number of likely N-dealkylation sites (N-methyl/N-ethyl adjacent to an activating group) is 1. The summed E-state index contributed by atoms with van der Waals surface area (Å²) in [6.07, 6.45) is 2.42. The predicted octanol–water partition coefficient (Wildman–Crippen LogP) is 4.15. The Morgan fingerprint density at radius 3 is 2.89 bits per heavy atom. The molecule has 0 spiro atoms. The number of carboxylic acid groups (broad SMARTS) is 1. The third-order valence-electron chi connectivity index (χ3n) is 6.64. The standard InChI is InChI=1S/C25H27ClN6O3/c1-25(11-21(33)34)14-32(20-7-5-4-6-16(20)25)22-17(26)12-27-24(30-22)29-19-10-15-13-31(2)9-8-18(15)28-23(19)35-3/h4-7,10,12H,8-9,11,13-14H2,1-3H3,(H,33,34)(H,27,29,30). The van der Waals surface area contributed by atoms with E-state index >= 15 is 0 Å². The lowest BCUT2D eigenvalue weighted by Gasteiger charge is -2.26. The molecule has 2 N–H and O–H groups in total. The number of aromatic nitrogens is 3. The number of para-hydroxylation sites is 1. The number of anilines is 4. The van der Waals surface area contributed by atoms with Gasteiger partial charge in [0.15, 0.2) is 5.82 Å². The molecule has 1 unspecified atom stereocenters. The highest BCUT2D eigenvalue weighted by Crippen LogP contribution is 2.47. The summed E-state index contributed by atoms with van der Waals surface area (Å²) in [6.45, 7) is 4.15. The molecule has 2 aromatic heterocycles. The first-order valence-corrected chi connectivity index (χ1v) is 11.8. The van der Waals surface area contributed by atoms with Crippen molar-refractivity contribution in [3.63, 3.8) is 0 Å². The molecule has 1 atom stereocenters. The summed E-state index contributed by atoms with van der Waals surface area (Å²) in [5.41, 5.74) is 4.10. The molecule has 0 fully saturated rings. The Balaban J connectivity index is 1.50. The van der Waals surface area contributed by atoms with Crippen LogP contribution in [0.5, 0.6) is 5.88 Å². The highest BCUT2D eigenvalue weighted by Gasteiger charge is 2.42. The van der Waals surface area contributed by atoms with E-state index in [0.29, 0.717) is 34.9 Å². The second-order valence-electron chi connectivity index (χ2n) is 9.36. The Labute approximate surface area is 208 Å². The van der Waals surface area contributed by atoms with Gasteiger partial charge in [-0.3, -0.25) is 4.79 Å². The number of halogens is 1. The molecular formula is C25H27ClN6O3. The minimum atomic E-state index is -0.849. The number of fused-ring (bicyclic) bond motifs is 2. The summed E-state index contributed by atoms with van der Waals surface area (Å²) in [5, 5.41) is 13.2. The molecule has 1 aromatic carbocycles. The SMILES string of the molecule is COc1nc2c(cc1Nc1ncc(Cl)c(N3CC(C)(CC(=O)O)c4ccccc43)n1)CN(C)CC2. The van der Waals surface area contributed by atoms with Crippen LogP contribution in [0.15, 0.2) is 36.5 Å². The summed E-state index contributed by atoms with van der Waals surface area (Å²) in [7, 11) is 3.67. The van der Waals surface area contributed by atoms with Crippen LogP contribution in [0.25, 0.3) is 0 Å². The number of hydrogen-bond donors (Lipinski definition) is 2. The molecule has 0 saturated heterocycles. The number of pyridine rings is 1. The number of nitrogens with zero attached hydrogens (tertiary/aromatic N) is 5. The van der Waals surface area contributed by atoms with E-state index in [2.05, 4.69) is 22.2 Å². The summed E-state index contributed by atoms with van der Waals surface area (Å²) < 4.78 is 5.54. The van der Waals surface area contributed by atoms with Crippen molar-refractivity contribution in [3.8, 4) is 5.88 Å². The van der Waals surface area contributed by atoms with Crippen LogP contribution in [-0.2, 0) is 23.2 Å². The number of carboxylic acids is 1. The summed E-state index contributed by atoms with van der Waals surface area (Å²) in [4.78, 5) is 29.6. The Hall–Kier alpha value is -3.43. The lowest BCUT2D eigenvalue weighted by atomic mass is 9.81. The van der Waals surface area contributed by atoms with Crippen LogP contribution in [0, 0.1) is 0 Å². The van der Waals surface area contributed by atoms with Crippen molar-refractivity contribution < 1.29 is 14.6 Å². The molecule has 2 aliphatic heterocycles. The molecule has 0 aliphatic carbocycles. The van der Waals surface area contributed by atoms with Crippen molar-refractivity contribution in [3.05, 3.63) is 58.4 Å². The predicted molar refractivity (Wildman–Crippen MR) is 134 cm³/mol. The van der Waals surface area contributed by atoms with Gasteiger partial charge in [-0.1, -0.05) is 36.7 Å². The van der Waals surface area contributed by atoms with Crippen molar-refractivity contribution in [2.75, 3.05) is 37.5 Å². The monoisotopic (exact) mass is 494 g/mol. The first-order valence-electron chi connectivity index (χ1n) is 11.4. The molecule has 3 aromatic rings. The van der Waals surface area contributed by atoms with Gasteiger partial charge in [0.25, 0.3) is 0 Å². The fourth-order valence-corrected chi connectivity index (χ4v) is 5.17. The molecular weight excluding hydrogens is 468 g/mol. The fourth-order valence-electron chi connectivity index (χ4n) is 4.98. The van der Waals surface area contributed by atoms with Gasteiger partial charge in [0, 0.05) is 37.2 Å². The van der Waals surface area contributed by atoms with Crippen LogP contribution in [0.2, 0.25) is 5.02 Å². The Morgan fingerprint density at radius 1 is 1.31 bits per heavy atom. The molecule has 5 rings (SSSR count). The third kappa shape index (κ3) is 4.37. The van der Waals surface area contributed by atoms with Crippen LogP contribution < -0.4 is 15.0 Å². The number of benzene rings is 1. The topological polar surface area (TPSA) is 104 Å². The highest BCUT2D eigenvalue weighted by molar-refractivity contribution is 6.33. The number of aliphatic carboxylic acids is 1. The smallest absolute Gasteiger partial charge is 0.304 e. The van der Waals surface area contributed by atoms with Gasteiger partial charge in [-0.15, -0.1) is 0 Å². The summed E-state index contributed by atoms with van der Waals surface area (Å²) in [5.74, 6) is 0.486. The van der Waals surface area contributed by atoms with Gasteiger partial charge in [0.2, 0.25) is 11.8 Å². The van der Waals surface area contributed by atoms with E-state index in [1.54, 1.807) is 13.3 Å². The summed E-state index contributed by atoms with van der Waals surface area (Å²) in [6, 6.07) is 9.80. The average Bonchev–Trinajstić information content (AvgIpc) is 3.11. The maximum atomic E-state index is 11.6. The average molecular weight is 495 g/mol. The van der Waals surface area contributed by atoms with E-state index in [4.69, 9.17) is 26.3 Å². The van der Waals surface area contributed by atoms with Gasteiger partial charge >= 0.3 is 5.97 Å². The zero-order chi connectivity index (χ0) is 24.7. The molecule has 35 heavy (non-hydrogen) atoms. The molecule has 182 valence electrons. The van der Waals surface area contributed by atoms with Gasteiger partial charge in [0.05, 0.1) is 25.4 Å². The molecule has 0 radical (unpaired) electrons. The van der Waals surface area contributed by atoms with Gasteiger partial charge in [-0.25, -0.2) is 9.97 Å². The van der Waals surface area contributed by atoms with Crippen molar-refractivity contribution >= 4 is 40.7 Å². The Kier molecular flexibility index (Phi) is 5.98. The lowest BCUT2D eigenvalue weighted by Crippen LogP contribution is -2.31. The largest absolute Gasteiger partial charge is 0.481 e. The van der Waals surface area contributed by atoms with Crippen LogP contribution in [-0.4, -0.2) is 58.2 Å². The maximum Gasteiger partial charge on any atom is 0.304 e. The Bertz CT molecular complexity index is 1300. The van der Waals surface area contributed by atoms with Crippen molar-refractivity contribution in [1.29, 1.82) is 0 Å². The fraction of sp³-hybridized carbons (Fsp3) is 0.360. The number of hydrogen-bond acceptors (Lipinski definition) is 8. The third-order valence-corrected chi connectivity index (χ3v) is 6.91. The van der Waals surface area contributed by atoms with Crippen molar-refractivity contribution in [1.82, 2.24) is 19.9 Å². The first kappa shape index (κ1) is 23.3. The summed E-state index contributed by atoms with van der Waals surface area (Å²) >= 11 is 6.56. The Morgan fingerprint density at radius 2 is 2.11 bits per heavy atom. The first-order chi connectivity index (χ1) is 16.8.